The van der Waals surface area contributed by atoms with E-state index in [2.05, 4.69) is 10.2 Å². The zero-order valence-corrected chi connectivity index (χ0v) is 18.1. The summed E-state index contributed by atoms with van der Waals surface area (Å²) in [5, 5.41) is 18.4. The van der Waals surface area contributed by atoms with Crippen LogP contribution in [0.5, 0.6) is 5.75 Å². The van der Waals surface area contributed by atoms with E-state index in [1.165, 1.54) is 0 Å². The van der Waals surface area contributed by atoms with E-state index in [9.17, 15) is 5.11 Å². The highest BCUT2D eigenvalue weighted by Crippen LogP contribution is 2.32. The number of benzene rings is 3. The van der Waals surface area contributed by atoms with Gasteiger partial charge in [0.1, 0.15) is 12.4 Å². The van der Waals surface area contributed by atoms with Gasteiger partial charge in [0.2, 0.25) is 0 Å². The van der Waals surface area contributed by atoms with Crippen molar-refractivity contribution in [1.29, 1.82) is 0 Å². The molecule has 0 amide bonds. The Balaban J connectivity index is 1.42. The van der Waals surface area contributed by atoms with E-state index in [0.29, 0.717) is 6.61 Å². The van der Waals surface area contributed by atoms with Gasteiger partial charge in [-0.1, -0.05) is 72.4 Å². The first-order valence-electron chi connectivity index (χ1n) is 10.3. The van der Waals surface area contributed by atoms with Gasteiger partial charge in [-0.05, 0) is 41.5 Å². The fourth-order valence-electron chi connectivity index (χ4n) is 3.46. The molecule has 5 aromatic rings. The van der Waals surface area contributed by atoms with Gasteiger partial charge >= 0.3 is 0 Å². The minimum Gasteiger partial charge on any atom is -0.489 e. The minimum atomic E-state index is 0.0130. The van der Waals surface area contributed by atoms with Gasteiger partial charge in [0.05, 0.1) is 6.61 Å². The first-order valence-corrected chi connectivity index (χ1v) is 11.1. The molecule has 0 aliphatic heterocycles. The lowest BCUT2D eigenvalue weighted by molar-refractivity contribution is 0.279. The third kappa shape index (κ3) is 4.37. The molecule has 2 aromatic heterocycles. The van der Waals surface area contributed by atoms with Crippen LogP contribution in [0, 0.1) is 0 Å². The summed E-state index contributed by atoms with van der Waals surface area (Å²) in [6.07, 6.45) is 2.03. The van der Waals surface area contributed by atoms with Gasteiger partial charge in [-0.2, -0.15) is 0 Å². The van der Waals surface area contributed by atoms with Crippen molar-refractivity contribution in [2.75, 3.05) is 0 Å². The van der Waals surface area contributed by atoms with Crippen molar-refractivity contribution in [2.24, 2.45) is 0 Å². The van der Waals surface area contributed by atoms with Crippen LogP contribution < -0.4 is 4.74 Å². The number of hydrogen-bond acceptors (Lipinski definition) is 5. The molecule has 0 unspecified atom stereocenters. The van der Waals surface area contributed by atoms with Crippen LogP contribution in [0.4, 0.5) is 0 Å². The molecule has 3 aromatic carbocycles. The molecule has 1 N–H and O–H groups in total. The van der Waals surface area contributed by atoms with Crippen LogP contribution >= 0.6 is 11.8 Å². The second-order valence-corrected chi connectivity index (χ2v) is 8.40. The molecule has 32 heavy (non-hydrogen) atoms. The lowest BCUT2D eigenvalue weighted by Gasteiger charge is -2.09. The molecule has 158 valence electrons. The summed E-state index contributed by atoms with van der Waals surface area (Å²) in [6, 6.07) is 29.8. The van der Waals surface area contributed by atoms with Crippen molar-refractivity contribution in [1.82, 2.24) is 14.6 Å². The maximum atomic E-state index is 9.62. The van der Waals surface area contributed by atoms with Crippen LogP contribution in [0.3, 0.4) is 0 Å². The van der Waals surface area contributed by atoms with Gasteiger partial charge in [-0.3, -0.25) is 4.40 Å². The van der Waals surface area contributed by atoms with Crippen molar-refractivity contribution in [2.45, 2.75) is 23.0 Å². The van der Waals surface area contributed by atoms with Crippen molar-refractivity contribution in [3.05, 3.63) is 108 Å². The molecule has 6 heteroatoms. The molecule has 0 bridgehead atoms. The van der Waals surface area contributed by atoms with E-state index in [1.807, 2.05) is 102 Å². The van der Waals surface area contributed by atoms with Gasteiger partial charge < -0.3 is 9.84 Å². The molecule has 0 spiro atoms. The third-order valence-corrected chi connectivity index (χ3v) is 6.18. The van der Waals surface area contributed by atoms with Crippen molar-refractivity contribution in [3.63, 3.8) is 0 Å². The number of rotatable bonds is 7. The number of hydrogen-bond donors (Lipinski definition) is 1. The van der Waals surface area contributed by atoms with Crippen LogP contribution in [0.25, 0.3) is 17.0 Å². The van der Waals surface area contributed by atoms with Gasteiger partial charge in [0, 0.05) is 21.6 Å². The first-order chi connectivity index (χ1) is 15.8. The third-order valence-electron chi connectivity index (χ3n) is 5.09. The summed E-state index contributed by atoms with van der Waals surface area (Å²) >= 11 is 1.61. The molecule has 0 radical (unpaired) electrons. The molecule has 5 nitrogen and oxygen atoms in total. The smallest absolute Gasteiger partial charge is 0.168 e. The first kappa shape index (κ1) is 20.3. The molecule has 0 aliphatic carbocycles. The van der Waals surface area contributed by atoms with Gasteiger partial charge in [-0.15, -0.1) is 10.2 Å². The number of ether oxygens (including phenoxy) is 1. The van der Waals surface area contributed by atoms with Crippen molar-refractivity contribution < 1.29 is 9.84 Å². The molecule has 0 aliphatic rings. The summed E-state index contributed by atoms with van der Waals surface area (Å²) in [5.74, 6) is 1.54. The second kappa shape index (κ2) is 9.26. The fourth-order valence-corrected chi connectivity index (χ4v) is 4.41. The molecule has 2 heterocycles. The molecular formula is C26H21N3O2S. The Morgan fingerprint density at radius 1 is 0.844 bits per heavy atom. The van der Waals surface area contributed by atoms with Crippen LogP contribution in [-0.4, -0.2) is 19.7 Å². The Labute approximate surface area is 190 Å². The SMILES string of the molecule is OCc1ccccc1Sc1ccc2nnc(-c3cccc(OCc4ccccc4)c3)n2c1. The van der Waals surface area contributed by atoms with E-state index in [1.54, 1.807) is 11.8 Å². The highest BCUT2D eigenvalue weighted by molar-refractivity contribution is 7.99. The van der Waals surface area contributed by atoms with Gasteiger partial charge in [0.25, 0.3) is 0 Å². The number of aromatic nitrogens is 3. The van der Waals surface area contributed by atoms with Gasteiger partial charge in [0.15, 0.2) is 11.5 Å². The highest BCUT2D eigenvalue weighted by atomic mass is 32.2. The molecule has 0 atom stereocenters. The molecule has 0 saturated carbocycles. The van der Waals surface area contributed by atoms with Crippen LogP contribution in [0.15, 0.2) is 107 Å². The minimum absolute atomic E-state index is 0.0130. The molecular weight excluding hydrogens is 418 g/mol. The topological polar surface area (TPSA) is 59.7 Å². The number of fused-ring (bicyclic) bond motifs is 1. The lowest BCUT2D eigenvalue weighted by atomic mass is 10.2. The van der Waals surface area contributed by atoms with Crippen molar-refractivity contribution >= 4 is 17.4 Å². The van der Waals surface area contributed by atoms with E-state index < -0.39 is 0 Å². The normalized spacial score (nSPS) is 11.0. The molecule has 5 rings (SSSR count). The molecule has 0 fully saturated rings. The van der Waals surface area contributed by atoms with Crippen LogP contribution in [-0.2, 0) is 13.2 Å². The quantitative estimate of drug-likeness (QED) is 0.357. The van der Waals surface area contributed by atoms with E-state index >= 15 is 0 Å². The Hall–Kier alpha value is -3.61. The van der Waals surface area contributed by atoms with Crippen LogP contribution in [0.1, 0.15) is 11.1 Å². The predicted octanol–water partition coefficient (Wildman–Crippen LogP) is 5.62. The average Bonchev–Trinajstić information content (AvgIpc) is 3.27. The number of aliphatic hydroxyl groups excluding tert-OH is 1. The standard InChI is InChI=1S/C26H21N3O2S/c30-17-21-9-4-5-12-24(21)32-23-13-14-25-27-28-26(29(25)16-23)20-10-6-11-22(15-20)31-18-19-7-2-1-3-8-19/h1-16,30H,17-18H2. The van der Waals surface area contributed by atoms with E-state index in [0.717, 1.165) is 43.7 Å². The monoisotopic (exact) mass is 439 g/mol. The number of pyridine rings is 1. The Bertz CT molecular complexity index is 1350. The summed E-state index contributed by atoms with van der Waals surface area (Å²) in [6.45, 7) is 0.523. The largest absolute Gasteiger partial charge is 0.489 e. The van der Waals surface area contributed by atoms with Crippen molar-refractivity contribution in [3.8, 4) is 17.1 Å². The fraction of sp³-hybridized carbons (Fsp3) is 0.0769. The summed E-state index contributed by atoms with van der Waals surface area (Å²) < 4.78 is 7.97. The zero-order valence-electron chi connectivity index (χ0n) is 17.3. The van der Waals surface area contributed by atoms with Gasteiger partial charge in [-0.25, -0.2) is 0 Å². The van der Waals surface area contributed by atoms with E-state index in [-0.39, 0.29) is 6.61 Å². The lowest BCUT2D eigenvalue weighted by Crippen LogP contribution is -1.96. The zero-order chi connectivity index (χ0) is 21.8. The van der Waals surface area contributed by atoms with Crippen LogP contribution in [0.2, 0.25) is 0 Å². The Kier molecular flexibility index (Phi) is 5.87. The Morgan fingerprint density at radius 3 is 2.56 bits per heavy atom. The Morgan fingerprint density at radius 2 is 1.69 bits per heavy atom. The van der Waals surface area contributed by atoms with E-state index in [4.69, 9.17) is 4.74 Å². The summed E-state index contributed by atoms with van der Waals surface area (Å²) in [7, 11) is 0. The second-order valence-electron chi connectivity index (χ2n) is 7.29. The highest BCUT2D eigenvalue weighted by Gasteiger charge is 2.11. The maximum absolute atomic E-state index is 9.62. The summed E-state index contributed by atoms with van der Waals surface area (Å²) in [4.78, 5) is 2.07. The summed E-state index contributed by atoms with van der Waals surface area (Å²) in [5.41, 5.74) is 3.73. The number of aliphatic hydroxyl groups is 1. The predicted molar refractivity (Wildman–Crippen MR) is 126 cm³/mol. The maximum Gasteiger partial charge on any atom is 0.168 e. The number of nitrogens with zero attached hydrogens (tertiary/aromatic N) is 3. The molecule has 0 saturated heterocycles. The average molecular weight is 440 g/mol.